The lowest BCUT2D eigenvalue weighted by atomic mass is 10.2. The Morgan fingerprint density at radius 1 is 1.11 bits per heavy atom. The number of ether oxygens (including phenoxy) is 2. The first-order valence-corrected chi connectivity index (χ1v) is 6.41. The molecule has 0 aromatic heterocycles. The van der Waals surface area contributed by atoms with Gasteiger partial charge in [0.05, 0.1) is 7.11 Å². The van der Waals surface area contributed by atoms with E-state index >= 15 is 0 Å². The molecule has 0 amide bonds. The predicted octanol–water partition coefficient (Wildman–Crippen LogP) is 4.80. The van der Waals surface area contributed by atoms with Gasteiger partial charge in [-0.25, -0.2) is 0 Å². The lowest BCUT2D eigenvalue weighted by Crippen LogP contribution is -1.90. The molecule has 0 radical (unpaired) electrons. The lowest BCUT2D eigenvalue weighted by molar-refractivity contribution is 0.306. The molecule has 0 saturated carbocycles. The molecule has 0 saturated heterocycles. The van der Waals surface area contributed by atoms with Crippen molar-refractivity contribution >= 4 is 22.0 Å². The summed E-state index contributed by atoms with van der Waals surface area (Å²) in [6.45, 7) is 0. The number of benzene rings is 2. The predicted molar refractivity (Wildman–Crippen MR) is 76.8 cm³/mol. The van der Waals surface area contributed by atoms with Gasteiger partial charge in [0.1, 0.15) is 11.5 Å². The van der Waals surface area contributed by atoms with Gasteiger partial charge in [0.2, 0.25) is 0 Å². The fourth-order valence-electron chi connectivity index (χ4n) is 1.53. The van der Waals surface area contributed by atoms with E-state index in [1.165, 1.54) is 6.08 Å². The van der Waals surface area contributed by atoms with Crippen LogP contribution in [-0.4, -0.2) is 7.11 Å². The molecule has 19 heavy (non-hydrogen) atoms. The van der Waals surface area contributed by atoms with Crippen LogP contribution in [0.25, 0.3) is 6.08 Å². The Morgan fingerprint density at radius 2 is 1.84 bits per heavy atom. The third-order valence-electron chi connectivity index (χ3n) is 2.39. The highest BCUT2D eigenvalue weighted by molar-refractivity contribution is 9.10. The molecule has 0 aliphatic heterocycles. The normalized spacial score (nSPS) is 11.2. The molecular weight excluding hydrogens is 311 g/mol. The van der Waals surface area contributed by atoms with Crippen LogP contribution in [0.2, 0.25) is 0 Å². The van der Waals surface area contributed by atoms with Crippen molar-refractivity contribution < 1.29 is 13.9 Å². The van der Waals surface area contributed by atoms with Gasteiger partial charge >= 0.3 is 0 Å². The van der Waals surface area contributed by atoms with E-state index in [4.69, 9.17) is 9.47 Å². The first-order chi connectivity index (χ1) is 9.17. The molecule has 0 bridgehead atoms. The molecule has 0 unspecified atom stereocenters. The second-order valence-corrected chi connectivity index (χ2v) is 4.70. The molecule has 4 heteroatoms. The van der Waals surface area contributed by atoms with Gasteiger partial charge in [0, 0.05) is 16.6 Å². The van der Waals surface area contributed by atoms with E-state index in [0.29, 0.717) is 11.5 Å². The third kappa shape index (κ3) is 4.10. The van der Waals surface area contributed by atoms with Crippen molar-refractivity contribution in [2.45, 2.75) is 0 Å². The van der Waals surface area contributed by atoms with Crippen LogP contribution in [0.4, 0.5) is 4.39 Å². The van der Waals surface area contributed by atoms with E-state index in [9.17, 15) is 4.39 Å². The maximum atomic E-state index is 13.7. The number of hydrogen-bond donors (Lipinski definition) is 0. The highest BCUT2D eigenvalue weighted by Crippen LogP contribution is 2.22. The molecule has 0 N–H and O–H groups in total. The molecule has 0 fully saturated rings. The van der Waals surface area contributed by atoms with Crippen LogP contribution < -0.4 is 9.47 Å². The topological polar surface area (TPSA) is 18.5 Å². The van der Waals surface area contributed by atoms with Crippen LogP contribution >= 0.6 is 15.9 Å². The average Bonchev–Trinajstić information content (AvgIpc) is 2.38. The zero-order valence-corrected chi connectivity index (χ0v) is 11.9. The van der Waals surface area contributed by atoms with E-state index in [0.717, 1.165) is 10.0 Å². The maximum Gasteiger partial charge on any atom is 0.278 e. The van der Waals surface area contributed by atoms with Crippen molar-refractivity contribution in [2.24, 2.45) is 0 Å². The van der Waals surface area contributed by atoms with Crippen molar-refractivity contribution in [3.05, 3.63) is 64.6 Å². The van der Waals surface area contributed by atoms with Crippen LogP contribution in [0.15, 0.2) is 59.0 Å². The Morgan fingerprint density at radius 3 is 2.58 bits per heavy atom. The van der Waals surface area contributed by atoms with Crippen molar-refractivity contribution in [2.75, 3.05) is 7.11 Å². The van der Waals surface area contributed by atoms with E-state index in [1.54, 1.807) is 43.5 Å². The highest BCUT2D eigenvalue weighted by Gasteiger charge is 2.01. The van der Waals surface area contributed by atoms with E-state index in [2.05, 4.69) is 15.9 Å². The Kier molecular flexibility index (Phi) is 4.58. The van der Waals surface area contributed by atoms with Crippen LogP contribution in [0, 0.1) is 0 Å². The van der Waals surface area contributed by atoms with Gasteiger partial charge in [-0.3, -0.25) is 0 Å². The van der Waals surface area contributed by atoms with Crippen molar-refractivity contribution in [3.63, 3.8) is 0 Å². The summed E-state index contributed by atoms with van der Waals surface area (Å²) in [6.07, 6.45) is 1.32. The summed E-state index contributed by atoms with van der Waals surface area (Å²) in [6, 6.07) is 13.4. The molecule has 98 valence electrons. The minimum absolute atomic E-state index is 0.392. The summed E-state index contributed by atoms with van der Waals surface area (Å²) in [5, 5.41) is 0. The Bertz CT molecular complexity index is 596. The summed E-state index contributed by atoms with van der Waals surface area (Å²) in [5.74, 6) is 1.01. The van der Waals surface area contributed by atoms with Gasteiger partial charge in [-0.15, -0.1) is 0 Å². The largest absolute Gasteiger partial charge is 0.497 e. The van der Waals surface area contributed by atoms with Crippen LogP contribution in [-0.2, 0) is 0 Å². The smallest absolute Gasteiger partial charge is 0.278 e. The maximum absolute atomic E-state index is 13.7. The van der Waals surface area contributed by atoms with Crippen LogP contribution in [0.5, 0.6) is 11.5 Å². The number of rotatable bonds is 4. The highest BCUT2D eigenvalue weighted by atomic mass is 79.9. The Hall–Kier alpha value is -1.81. The quantitative estimate of drug-likeness (QED) is 0.752. The molecule has 2 aromatic rings. The first-order valence-electron chi connectivity index (χ1n) is 5.62. The second kappa shape index (κ2) is 6.38. The standard InChI is InChI=1S/C15H12BrFO2/c1-18-13-6-3-7-14(10-13)19-15(17)9-11-4-2-5-12(16)8-11/h2-10H,1H3. The number of methoxy groups -OCH3 is 1. The van der Waals surface area contributed by atoms with Gasteiger partial charge in [-0.2, -0.15) is 4.39 Å². The minimum atomic E-state index is -0.675. The second-order valence-electron chi connectivity index (χ2n) is 3.78. The summed E-state index contributed by atoms with van der Waals surface area (Å²) < 4.78 is 24.8. The van der Waals surface area contributed by atoms with E-state index < -0.39 is 6.01 Å². The fraction of sp³-hybridized carbons (Fsp3) is 0.0667. The van der Waals surface area contributed by atoms with Gasteiger partial charge in [-0.05, 0) is 29.8 Å². The molecule has 2 rings (SSSR count). The third-order valence-corrected chi connectivity index (χ3v) is 2.88. The Balaban J connectivity index is 2.13. The molecular formula is C15H12BrFO2. The van der Waals surface area contributed by atoms with Crippen molar-refractivity contribution in [1.82, 2.24) is 0 Å². The molecule has 0 aliphatic carbocycles. The zero-order chi connectivity index (χ0) is 13.7. The van der Waals surface area contributed by atoms with Gasteiger partial charge in [-0.1, -0.05) is 34.1 Å². The molecule has 2 nitrogen and oxygen atoms in total. The monoisotopic (exact) mass is 322 g/mol. The van der Waals surface area contributed by atoms with Gasteiger partial charge in [0.15, 0.2) is 0 Å². The molecule has 0 atom stereocenters. The van der Waals surface area contributed by atoms with Gasteiger partial charge in [0.25, 0.3) is 6.01 Å². The average molecular weight is 323 g/mol. The summed E-state index contributed by atoms with van der Waals surface area (Å²) in [5.41, 5.74) is 0.717. The Labute approximate surface area is 119 Å². The van der Waals surface area contributed by atoms with E-state index in [1.807, 2.05) is 12.1 Å². The fourth-order valence-corrected chi connectivity index (χ4v) is 1.95. The summed E-state index contributed by atoms with van der Waals surface area (Å²) in [7, 11) is 1.55. The first kappa shape index (κ1) is 13.6. The van der Waals surface area contributed by atoms with Crippen LogP contribution in [0.1, 0.15) is 5.56 Å². The lowest BCUT2D eigenvalue weighted by Gasteiger charge is -2.05. The summed E-state index contributed by atoms with van der Waals surface area (Å²) in [4.78, 5) is 0. The summed E-state index contributed by atoms with van der Waals surface area (Å²) >= 11 is 3.33. The molecule has 2 aromatic carbocycles. The number of halogens is 2. The molecule has 0 spiro atoms. The SMILES string of the molecule is COc1cccc(OC(F)=Cc2cccc(Br)c2)c1. The van der Waals surface area contributed by atoms with Gasteiger partial charge < -0.3 is 9.47 Å². The van der Waals surface area contributed by atoms with Crippen LogP contribution in [0.3, 0.4) is 0 Å². The molecule has 0 aliphatic rings. The number of hydrogen-bond acceptors (Lipinski definition) is 2. The molecule has 0 heterocycles. The zero-order valence-electron chi connectivity index (χ0n) is 10.3. The van der Waals surface area contributed by atoms with Crippen molar-refractivity contribution in [3.8, 4) is 11.5 Å². The minimum Gasteiger partial charge on any atom is -0.497 e. The van der Waals surface area contributed by atoms with E-state index in [-0.39, 0.29) is 0 Å². The van der Waals surface area contributed by atoms with Crippen molar-refractivity contribution in [1.29, 1.82) is 0 Å².